The second-order valence-electron chi connectivity index (χ2n) is 4.09. The molecule has 2 rings (SSSR count). The Morgan fingerprint density at radius 2 is 1.55 bits per heavy atom. The van der Waals surface area contributed by atoms with Crippen LogP contribution in [0.4, 0.5) is 11.6 Å². The molecule has 0 bridgehead atoms. The third kappa shape index (κ3) is 4.50. The average molecular weight is 316 g/mol. The van der Waals surface area contributed by atoms with Gasteiger partial charge < -0.3 is 15.7 Å². The van der Waals surface area contributed by atoms with E-state index in [-0.39, 0.29) is 62.2 Å². The predicted molar refractivity (Wildman–Crippen MR) is 72.6 cm³/mol. The number of nitrogens with two attached hydrogens (primary N) is 1. The van der Waals surface area contributed by atoms with Crippen molar-refractivity contribution >= 4 is 21.7 Å². The third-order valence-corrected chi connectivity index (χ3v) is 3.62. The molecule has 100 valence electrons. The Kier molecular flexibility index (Phi) is 6.11. The summed E-state index contributed by atoms with van der Waals surface area (Å²) in [7, 11) is -3.82. The van der Waals surface area contributed by atoms with Gasteiger partial charge in [-0.25, -0.2) is 8.42 Å². The van der Waals surface area contributed by atoms with Crippen LogP contribution >= 0.6 is 0 Å². The van der Waals surface area contributed by atoms with Crippen molar-refractivity contribution < 1.29 is 59.8 Å². The van der Waals surface area contributed by atoms with Crippen LogP contribution in [0.1, 0.15) is 11.4 Å². The van der Waals surface area contributed by atoms with Gasteiger partial charge in [0.15, 0.2) is 0 Å². The van der Waals surface area contributed by atoms with Crippen molar-refractivity contribution in [3.63, 3.8) is 0 Å². The van der Waals surface area contributed by atoms with Crippen molar-refractivity contribution in [2.45, 2.75) is 18.7 Å². The zero-order valence-electron chi connectivity index (χ0n) is 11.5. The number of aryl methyl sites for hydroxylation is 2. The number of benzene rings is 1. The SMILES string of the molecule is Cc1cc(C)nc([N-]S(=O)(=O)c2ccc(N)cc2)n1.[K+]. The number of nitrogens with zero attached hydrogens (tertiary/aromatic N) is 3. The summed E-state index contributed by atoms with van der Waals surface area (Å²) >= 11 is 0. The summed E-state index contributed by atoms with van der Waals surface area (Å²) < 4.78 is 27.7. The molecule has 2 aromatic rings. The van der Waals surface area contributed by atoms with Crippen LogP contribution in [0, 0.1) is 13.8 Å². The molecule has 0 aliphatic rings. The maximum atomic E-state index is 12.0. The normalized spacial score (nSPS) is 10.7. The topological polar surface area (TPSA) is 100 Å². The minimum absolute atomic E-state index is 0. The van der Waals surface area contributed by atoms with Crippen molar-refractivity contribution in [1.82, 2.24) is 9.97 Å². The Hall–Kier alpha value is -0.514. The second kappa shape index (κ2) is 6.97. The fraction of sp³-hybridized carbons (Fsp3) is 0.167. The molecule has 0 aliphatic carbocycles. The molecule has 0 saturated carbocycles. The molecular formula is C12H13KN4O2S. The number of rotatable bonds is 3. The van der Waals surface area contributed by atoms with Crippen molar-refractivity contribution in [3.8, 4) is 0 Å². The summed E-state index contributed by atoms with van der Waals surface area (Å²) in [4.78, 5) is 8.02. The molecule has 0 spiro atoms. The van der Waals surface area contributed by atoms with Gasteiger partial charge in [0, 0.05) is 11.6 Å². The molecule has 0 saturated heterocycles. The molecule has 0 radical (unpaired) electrons. The molecule has 1 heterocycles. The maximum absolute atomic E-state index is 12.0. The second-order valence-corrected chi connectivity index (χ2v) is 5.69. The number of sulfonamides is 1. The fourth-order valence-corrected chi connectivity index (χ4v) is 2.43. The van der Waals surface area contributed by atoms with Gasteiger partial charge in [-0.15, -0.1) is 0 Å². The number of anilines is 1. The van der Waals surface area contributed by atoms with Crippen molar-refractivity contribution in [1.29, 1.82) is 0 Å². The summed E-state index contributed by atoms with van der Waals surface area (Å²) in [6.45, 7) is 3.51. The van der Waals surface area contributed by atoms with Crippen LogP contribution in [0.15, 0.2) is 35.2 Å². The van der Waals surface area contributed by atoms with E-state index in [1.807, 2.05) is 0 Å². The van der Waals surface area contributed by atoms with Crippen LogP contribution in [0.5, 0.6) is 0 Å². The molecule has 6 nitrogen and oxygen atoms in total. The summed E-state index contributed by atoms with van der Waals surface area (Å²) in [6.07, 6.45) is 0. The van der Waals surface area contributed by atoms with Crippen LogP contribution in [0.25, 0.3) is 4.72 Å². The number of aromatic nitrogens is 2. The van der Waals surface area contributed by atoms with Crippen LogP contribution in [0.2, 0.25) is 0 Å². The first-order valence-electron chi connectivity index (χ1n) is 5.53. The first kappa shape index (κ1) is 17.5. The molecule has 1 aromatic carbocycles. The maximum Gasteiger partial charge on any atom is 1.00 e. The monoisotopic (exact) mass is 316 g/mol. The average Bonchev–Trinajstić information content (AvgIpc) is 2.27. The quantitative estimate of drug-likeness (QED) is 0.583. The van der Waals surface area contributed by atoms with Crippen molar-refractivity contribution in [3.05, 3.63) is 46.4 Å². The van der Waals surface area contributed by atoms with E-state index >= 15 is 0 Å². The molecule has 2 N–H and O–H groups in total. The first-order chi connectivity index (χ1) is 8.87. The molecule has 0 unspecified atom stereocenters. The minimum atomic E-state index is -3.82. The summed E-state index contributed by atoms with van der Waals surface area (Å²) in [5, 5.41) is 0. The Bertz CT molecular complexity index is 682. The first-order valence-corrected chi connectivity index (χ1v) is 6.97. The van der Waals surface area contributed by atoms with Crippen molar-refractivity contribution in [2.24, 2.45) is 0 Å². The number of hydrogen-bond donors (Lipinski definition) is 1. The van der Waals surface area contributed by atoms with Crippen LogP contribution < -0.4 is 57.1 Å². The predicted octanol–water partition coefficient (Wildman–Crippen LogP) is -0.926. The third-order valence-electron chi connectivity index (χ3n) is 2.35. The van der Waals surface area contributed by atoms with E-state index in [2.05, 4.69) is 14.7 Å². The molecule has 0 aliphatic heterocycles. The van der Waals surface area contributed by atoms with Gasteiger partial charge in [0.05, 0.1) is 4.90 Å². The van der Waals surface area contributed by atoms with Crippen molar-refractivity contribution in [2.75, 3.05) is 5.73 Å². The van der Waals surface area contributed by atoms with Gasteiger partial charge >= 0.3 is 51.4 Å². The molecule has 8 heteroatoms. The zero-order valence-corrected chi connectivity index (χ0v) is 15.5. The van der Waals surface area contributed by atoms with E-state index in [1.54, 1.807) is 19.9 Å². The Morgan fingerprint density at radius 3 is 2.05 bits per heavy atom. The van der Waals surface area contributed by atoms with Crippen LogP contribution in [-0.4, -0.2) is 18.4 Å². The Labute approximate surface area is 160 Å². The fourth-order valence-electron chi connectivity index (χ4n) is 1.55. The molecule has 1 aromatic heterocycles. The van der Waals surface area contributed by atoms with Gasteiger partial charge in [0.25, 0.3) is 0 Å². The van der Waals surface area contributed by atoms with E-state index in [0.29, 0.717) is 17.1 Å². The summed E-state index contributed by atoms with van der Waals surface area (Å²) in [5.41, 5.74) is 7.33. The van der Waals surface area contributed by atoms with Gasteiger partial charge in [-0.1, -0.05) is 6.07 Å². The summed E-state index contributed by atoms with van der Waals surface area (Å²) in [5.74, 6) is -0.0608. The van der Waals surface area contributed by atoms with Gasteiger partial charge in [0.2, 0.25) is 10.0 Å². The van der Waals surface area contributed by atoms with Gasteiger partial charge in [0.1, 0.15) is 0 Å². The van der Waals surface area contributed by atoms with E-state index in [4.69, 9.17) is 5.73 Å². The van der Waals surface area contributed by atoms with E-state index < -0.39 is 10.0 Å². The smallest absolute Gasteiger partial charge is 0.399 e. The minimum Gasteiger partial charge on any atom is -0.399 e. The molecule has 20 heavy (non-hydrogen) atoms. The molecular weight excluding hydrogens is 303 g/mol. The molecule has 0 amide bonds. The molecule has 0 fully saturated rings. The van der Waals surface area contributed by atoms with E-state index in [9.17, 15) is 8.42 Å². The standard InChI is InChI=1S/C12H13N4O2S.K/c1-8-7-9(2)15-12(14-8)16-19(17,18)11-5-3-10(13)4-6-11;/h3-7H,13H2,1-2H3;/q-1;+1. The van der Waals surface area contributed by atoms with E-state index in [0.717, 1.165) is 0 Å². The summed E-state index contributed by atoms with van der Waals surface area (Å²) in [6, 6.07) is 7.55. The molecule has 0 atom stereocenters. The zero-order chi connectivity index (χ0) is 14.0. The Morgan fingerprint density at radius 1 is 1.05 bits per heavy atom. The van der Waals surface area contributed by atoms with Crippen LogP contribution in [0.3, 0.4) is 0 Å². The van der Waals surface area contributed by atoms with E-state index in [1.165, 1.54) is 24.3 Å². The number of hydrogen-bond acceptors (Lipinski definition) is 5. The van der Waals surface area contributed by atoms with Gasteiger partial charge in [-0.05, 0) is 49.5 Å². The Balaban J connectivity index is 0.00000200. The number of nitrogen functional groups attached to an aromatic ring is 1. The van der Waals surface area contributed by atoms with Gasteiger partial charge in [-0.3, -0.25) is 4.72 Å². The van der Waals surface area contributed by atoms with Gasteiger partial charge in [-0.2, -0.15) is 0 Å². The largest absolute Gasteiger partial charge is 1.00 e. The van der Waals surface area contributed by atoms with Crippen LogP contribution in [-0.2, 0) is 10.0 Å².